The van der Waals surface area contributed by atoms with Gasteiger partial charge in [-0.05, 0) is 60.9 Å². The molecule has 2 aliphatic rings. The summed E-state index contributed by atoms with van der Waals surface area (Å²) in [6.45, 7) is 2.53. The molecule has 9 heteroatoms. The molecule has 1 saturated heterocycles. The quantitative estimate of drug-likeness (QED) is 0.239. The van der Waals surface area contributed by atoms with Crippen molar-refractivity contribution in [2.75, 3.05) is 13.1 Å². The summed E-state index contributed by atoms with van der Waals surface area (Å²) in [6, 6.07) is 24.7. The summed E-state index contributed by atoms with van der Waals surface area (Å²) in [7, 11) is 0. The van der Waals surface area contributed by atoms with Crippen LogP contribution in [0.15, 0.2) is 85.1 Å². The Morgan fingerprint density at radius 2 is 1.66 bits per heavy atom. The number of piperidine rings is 1. The second kappa shape index (κ2) is 13.7. The maximum atomic E-state index is 14.0. The van der Waals surface area contributed by atoms with E-state index in [1.807, 2.05) is 85.1 Å². The molecule has 6 rings (SSSR count). The second-order valence-corrected chi connectivity index (χ2v) is 13.1. The molecule has 44 heavy (non-hydrogen) atoms. The predicted octanol–water partition coefficient (Wildman–Crippen LogP) is 4.85. The summed E-state index contributed by atoms with van der Waals surface area (Å²) in [5.74, 6) is -0.718. The fourth-order valence-corrected chi connectivity index (χ4v) is 7.33. The molecule has 2 fully saturated rings. The highest BCUT2D eigenvalue weighted by Crippen LogP contribution is 2.32. The first-order chi connectivity index (χ1) is 21.5. The van der Waals surface area contributed by atoms with E-state index in [2.05, 4.69) is 25.8 Å². The van der Waals surface area contributed by atoms with E-state index < -0.39 is 11.6 Å². The zero-order valence-corrected chi connectivity index (χ0v) is 25.7. The normalized spacial score (nSPS) is 17.6. The summed E-state index contributed by atoms with van der Waals surface area (Å²) in [4.78, 5) is 48.6. The van der Waals surface area contributed by atoms with E-state index in [4.69, 9.17) is 0 Å². The topological polar surface area (TPSA) is 103 Å². The molecular weight excluding hydrogens is 570 g/mol. The van der Waals surface area contributed by atoms with Crippen LogP contribution in [0.3, 0.4) is 0 Å². The summed E-state index contributed by atoms with van der Waals surface area (Å²) >= 11 is 1.42. The van der Waals surface area contributed by atoms with Crippen LogP contribution in [-0.4, -0.2) is 58.3 Å². The van der Waals surface area contributed by atoms with Crippen molar-refractivity contribution in [2.24, 2.45) is 0 Å². The van der Waals surface area contributed by atoms with Crippen molar-refractivity contribution in [1.29, 1.82) is 0 Å². The third-order valence-electron chi connectivity index (χ3n) is 8.84. The zero-order valence-electron chi connectivity index (χ0n) is 24.8. The molecule has 3 amide bonds. The summed E-state index contributed by atoms with van der Waals surface area (Å²) in [5, 5.41) is 10.4. The number of carbonyl (C=O) groups is 3. The molecule has 0 spiro atoms. The second-order valence-electron chi connectivity index (χ2n) is 12.0. The van der Waals surface area contributed by atoms with E-state index in [0.717, 1.165) is 66.7 Å². The standard InChI is InChI=1S/C35H39N5O3S/c41-32(37-27-15-20-40(21-16-27)24-28-13-6-9-19-36-28)29(22-25-10-2-1-3-11-25)38-34(43)35(17-7-8-18-35)39-33(42)31-23-26-12-4-5-14-30(26)44-31/h1-6,9-14,19,23,27,29H,7-8,15-18,20-22,24H2,(H,37,41)(H,38,43)(H,39,42)/t29-/m1/s1. The molecule has 1 atom stereocenters. The van der Waals surface area contributed by atoms with Gasteiger partial charge in [0.15, 0.2) is 0 Å². The van der Waals surface area contributed by atoms with Crippen LogP contribution in [0, 0.1) is 0 Å². The molecule has 0 unspecified atom stereocenters. The van der Waals surface area contributed by atoms with E-state index in [9.17, 15) is 14.4 Å². The number of pyridine rings is 1. The van der Waals surface area contributed by atoms with Crippen molar-refractivity contribution >= 4 is 39.1 Å². The number of fused-ring (bicyclic) bond motifs is 1. The lowest BCUT2D eigenvalue weighted by molar-refractivity contribution is -0.133. The zero-order chi connectivity index (χ0) is 30.4. The molecule has 3 N–H and O–H groups in total. The van der Waals surface area contributed by atoms with Crippen LogP contribution in [-0.2, 0) is 22.6 Å². The fourth-order valence-electron chi connectivity index (χ4n) is 6.37. The molecule has 1 aliphatic carbocycles. The number of amides is 3. The van der Waals surface area contributed by atoms with Crippen LogP contribution < -0.4 is 16.0 Å². The largest absolute Gasteiger partial charge is 0.351 e. The Kier molecular flexibility index (Phi) is 9.33. The van der Waals surface area contributed by atoms with E-state index in [1.54, 1.807) is 0 Å². The van der Waals surface area contributed by atoms with Gasteiger partial charge in [-0.2, -0.15) is 0 Å². The number of nitrogens with zero attached hydrogens (tertiary/aromatic N) is 2. The van der Waals surface area contributed by atoms with Gasteiger partial charge in [-0.3, -0.25) is 24.3 Å². The number of rotatable bonds is 10. The summed E-state index contributed by atoms with van der Waals surface area (Å²) in [5.41, 5.74) is 0.966. The van der Waals surface area contributed by atoms with Gasteiger partial charge in [-0.15, -0.1) is 11.3 Å². The molecule has 1 aliphatic heterocycles. The van der Waals surface area contributed by atoms with Crippen molar-refractivity contribution in [3.8, 4) is 0 Å². The van der Waals surface area contributed by atoms with Crippen molar-refractivity contribution < 1.29 is 14.4 Å². The van der Waals surface area contributed by atoms with Crippen molar-refractivity contribution in [2.45, 2.75) is 69.1 Å². The van der Waals surface area contributed by atoms with Gasteiger partial charge in [0.2, 0.25) is 11.8 Å². The lowest BCUT2D eigenvalue weighted by Gasteiger charge is -2.34. The van der Waals surface area contributed by atoms with Gasteiger partial charge < -0.3 is 16.0 Å². The Balaban J connectivity index is 1.12. The number of nitrogens with one attached hydrogen (secondary N) is 3. The number of likely N-dealkylation sites (tertiary alicyclic amines) is 1. The fraction of sp³-hybridized carbons (Fsp3) is 0.371. The van der Waals surface area contributed by atoms with E-state index >= 15 is 0 Å². The maximum absolute atomic E-state index is 14.0. The Labute approximate surface area is 262 Å². The smallest absolute Gasteiger partial charge is 0.262 e. The van der Waals surface area contributed by atoms with Gasteiger partial charge in [-0.1, -0.05) is 67.4 Å². The van der Waals surface area contributed by atoms with Crippen LogP contribution in [0.5, 0.6) is 0 Å². The number of hydrogen-bond donors (Lipinski definition) is 3. The molecule has 0 bridgehead atoms. The van der Waals surface area contributed by atoms with Gasteiger partial charge in [0.05, 0.1) is 10.6 Å². The van der Waals surface area contributed by atoms with Crippen molar-refractivity contribution in [3.63, 3.8) is 0 Å². The Morgan fingerprint density at radius 3 is 2.39 bits per heavy atom. The van der Waals surface area contributed by atoms with Crippen LogP contribution >= 0.6 is 11.3 Å². The van der Waals surface area contributed by atoms with Gasteiger partial charge in [-0.25, -0.2) is 0 Å². The molecule has 228 valence electrons. The molecular formula is C35H39N5O3S. The van der Waals surface area contributed by atoms with Crippen LogP contribution in [0.2, 0.25) is 0 Å². The van der Waals surface area contributed by atoms with E-state index in [1.165, 1.54) is 11.3 Å². The Hall–Kier alpha value is -4.08. The first kappa shape index (κ1) is 30.0. The highest BCUT2D eigenvalue weighted by molar-refractivity contribution is 7.20. The SMILES string of the molecule is O=C(NC1(C(=O)N[C@H](Cc2ccccc2)C(=O)NC2CCN(Cc3ccccn3)CC2)CCCC1)c1cc2ccccc2s1. The highest BCUT2D eigenvalue weighted by Gasteiger charge is 2.44. The van der Waals surface area contributed by atoms with Gasteiger partial charge >= 0.3 is 0 Å². The Morgan fingerprint density at radius 1 is 0.932 bits per heavy atom. The minimum atomic E-state index is -1.04. The minimum absolute atomic E-state index is 0.0331. The Bertz CT molecular complexity index is 1540. The number of benzene rings is 2. The average molecular weight is 610 g/mol. The first-order valence-corrected chi connectivity index (χ1v) is 16.4. The van der Waals surface area contributed by atoms with Crippen LogP contribution in [0.1, 0.15) is 59.5 Å². The molecule has 1 saturated carbocycles. The van der Waals surface area contributed by atoms with Gasteiger partial charge in [0.1, 0.15) is 11.6 Å². The minimum Gasteiger partial charge on any atom is -0.351 e. The van der Waals surface area contributed by atoms with Crippen molar-refractivity contribution in [3.05, 3.63) is 101 Å². The molecule has 8 nitrogen and oxygen atoms in total. The monoisotopic (exact) mass is 609 g/mol. The third kappa shape index (κ3) is 7.17. The lowest BCUT2D eigenvalue weighted by Crippen LogP contribution is -2.61. The molecule has 4 aromatic rings. The average Bonchev–Trinajstić information content (AvgIpc) is 3.71. The number of aromatic nitrogens is 1. The van der Waals surface area contributed by atoms with E-state index in [0.29, 0.717) is 24.1 Å². The lowest BCUT2D eigenvalue weighted by atomic mass is 9.94. The maximum Gasteiger partial charge on any atom is 0.262 e. The molecule has 2 aromatic heterocycles. The number of hydrogen-bond acceptors (Lipinski definition) is 6. The van der Waals surface area contributed by atoms with Gasteiger partial charge in [0.25, 0.3) is 5.91 Å². The summed E-state index contributed by atoms with van der Waals surface area (Å²) < 4.78 is 1.03. The number of thiophene rings is 1. The summed E-state index contributed by atoms with van der Waals surface area (Å²) in [6.07, 6.45) is 6.62. The highest BCUT2D eigenvalue weighted by atomic mass is 32.1. The predicted molar refractivity (Wildman–Crippen MR) is 173 cm³/mol. The third-order valence-corrected chi connectivity index (χ3v) is 9.96. The molecule has 2 aromatic carbocycles. The van der Waals surface area contributed by atoms with Gasteiger partial charge in [0, 0.05) is 43.0 Å². The van der Waals surface area contributed by atoms with Crippen LogP contribution in [0.25, 0.3) is 10.1 Å². The number of carbonyl (C=O) groups excluding carboxylic acids is 3. The molecule has 0 radical (unpaired) electrons. The van der Waals surface area contributed by atoms with Crippen molar-refractivity contribution in [1.82, 2.24) is 25.8 Å². The van der Waals surface area contributed by atoms with Crippen LogP contribution in [0.4, 0.5) is 0 Å². The van der Waals surface area contributed by atoms with E-state index in [-0.39, 0.29) is 23.8 Å². The first-order valence-electron chi connectivity index (χ1n) is 15.6. The molecule has 3 heterocycles.